The highest BCUT2D eigenvalue weighted by molar-refractivity contribution is 5.83. The number of unbranched alkanes of at least 4 members (excludes halogenated alkanes) is 1. The summed E-state index contributed by atoms with van der Waals surface area (Å²) in [6, 6.07) is 0.152. The predicted octanol–water partition coefficient (Wildman–Crippen LogP) is 2.50. The van der Waals surface area contributed by atoms with Crippen LogP contribution in [0.3, 0.4) is 0 Å². The van der Waals surface area contributed by atoms with Crippen molar-refractivity contribution in [2.24, 2.45) is 5.92 Å². The minimum atomic E-state index is -0.495. The van der Waals surface area contributed by atoms with Crippen LogP contribution in [0.25, 0.3) is 0 Å². The molecule has 0 bridgehead atoms. The molecule has 26 heavy (non-hydrogen) atoms. The molecule has 150 valence electrons. The number of likely N-dealkylation sites (tertiary alicyclic amines) is 1. The van der Waals surface area contributed by atoms with Gasteiger partial charge in [0.15, 0.2) is 0 Å². The molecule has 0 aromatic heterocycles. The van der Waals surface area contributed by atoms with Crippen molar-refractivity contribution in [3.05, 3.63) is 0 Å². The predicted molar refractivity (Wildman–Crippen MR) is 101 cm³/mol. The van der Waals surface area contributed by atoms with E-state index in [0.29, 0.717) is 13.2 Å². The number of nitrogens with one attached hydrogen (secondary N) is 1. The van der Waals surface area contributed by atoms with Crippen LogP contribution >= 0.6 is 0 Å². The highest BCUT2D eigenvalue weighted by Crippen LogP contribution is 2.23. The van der Waals surface area contributed by atoms with Crippen LogP contribution in [0.4, 0.5) is 0 Å². The molecule has 0 spiro atoms. The largest absolute Gasteiger partial charge is 0.376 e. The van der Waals surface area contributed by atoms with Gasteiger partial charge in [-0.1, -0.05) is 13.3 Å². The van der Waals surface area contributed by atoms with E-state index in [2.05, 4.69) is 19.2 Å². The van der Waals surface area contributed by atoms with Crippen LogP contribution in [0, 0.1) is 5.92 Å². The van der Waals surface area contributed by atoms with E-state index in [1.54, 1.807) is 0 Å². The van der Waals surface area contributed by atoms with Crippen LogP contribution in [0.2, 0.25) is 0 Å². The van der Waals surface area contributed by atoms with Crippen molar-refractivity contribution in [2.45, 2.75) is 84.0 Å². The molecule has 4 unspecified atom stereocenters. The van der Waals surface area contributed by atoms with Crippen LogP contribution in [0.1, 0.15) is 65.7 Å². The van der Waals surface area contributed by atoms with E-state index in [1.165, 1.54) is 0 Å². The van der Waals surface area contributed by atoms with Gasteiger partial charge in [-0.05, 0) is 52.4 Å². The lowest BCUT2D eigenvalue weighted by Gasteiger charge is -2.38. The summed E-state index contributed by atoms with van der Waals surface area (Å²) in [7, 11) is 0. The first kappa shape index (κ1) is 21.2. The Kier molecular flexibility index (Phi) is 8.85. The summed E-state index contributed by atoms with van der Waals surface area (Å²) in [4.78, 5) is 27.0. The number of hydrogen-bond acceptors (Lipinski definition) is 4. The maximum absolute atomic E-state index is 12.8. The lowest BCUT2D eigenvalue weighted by atomic mass is 9.92. The molecule has 2 aliphatic rings. The fourth-order valence-electron chi connectivity index (χ4n) is 3.66. The van der Waals surface area contributed by atoms with Gasteiger partial charge in [0.2, 0.25) is 5.91 Å². The number of carbonyl (C=O) groups is 2. The Hall–Kier alpha value is -1.14. The second-order valence-corrected chi connectivity index (χ2v) is 7.72. The van der Waals surface area contributed by atoms with Gasteiger partial charge in [-0.3, -0.25) is 9.59 Å². The van der Waals surface area contributed by atoms with Crippen molar-refractivity contribution in [1.82, 2.24) is 10.2 Å². The van der Waals surface area contributed by atoms with Gasteiger partial charge in [-0.25, -0.2) is 0 Å². The number of carbonyl (C=O) groups excluding carboxylic acids is 2. The SMILES string of the molecule is CCCCNC(=O)C1CCC(C)N(C(=O)C(C)OCC2CCCCO2)C1. The summed E-state index contributed by atoms with van der Waals surface area (Å²) in [6.45, 7) is 8.43. The molecule has 0 aromatic rings. The molecular formula is C20H36N2O4. The maximum atomic E-state index is 12.8. The van der Waals surface area contributed by atoms with E-state index >= 15 is 0 Å². The first-order chi connectivity index (χ1) is 12.5. The number of hydrogen-bond donors (Lipinski definition) is 1. The Balaban J connectivity index is 1.81. The molecule has 2 rings (SSSR count). The molecule has 4 atom stereocenters. The summed E-state index contributed by atoms with van der Waals surface area (Å²) >= 11 is 0. The van der Waals surface area contributed by atoms with E-state index < -0.39 is 6.10 Å². The molecular weight excluding hydrogens is 332 g/mol. The average Bonchev–Trinajstić information content (AvgIpc) is 2.66. The lowest BCUT2D eigenvalue weighted by Crippen LogP contribution is -2.52. The third kappa shape index (κ3) is 6.23. The zero-order valence-corrected chi connectivity index (χ0v) is 16.7. The summed E-state index contributed by atoms with van der Waals surface area (Å²) in [5.74, 6) is -0.0485. The quantitative estimate of drug-likeness (QED) is 0.669. The second-order valence-electron chi connectivity index (χ2n) is 7.72. The van der Waals surface area contributed by atoms with Crippen molar-refractivity contribution in [2.75, 3.05) is 26.3 Å². The second kappa shape index (κ2) is 10.9. The Morgan fingerprint density at radius 3 is 2.77 bits per heavy atom. The molecule has 6 heteroatoms. The smallest absolute Gasteiger partial charge is 0.251 e. The number of rotatable bonds is 8. The monoisotopic (exact) mass is 368 g/mol. The maximum Gasteiger partial charge on any atom is 0.251 e. The summed E-state index contributed by atoms with van der Waals surface area (Å²) < 4.78 is 11.5. The summed E-state index contributed by atoms with van der Waals surface area (Å²) in [5, 5.41) is 3.00. The minimum Gasteiger partial charge on any atom is -0.376 e. The van der Waals surface area contributed by atoms with Gasteiger partial charge in [0.1, 0.15) is 6.10 Å². The molecule has 2 saturated heterocycles. The molecule has 2 heterocycles. The van der Waals surface area contributed by atoms with Crippen LogP contribution in [-0.4, -0.2) is 61.3 Å². The molecule has 2 amide bonds. The van der Waals surface area contributed by atoms with Gasteiger partial charge < -0.3 is 19.7 Å². The molecule has 0 aromatic carbocycles. The van der Waals surface area contributed by atoms with Crippen molar-refractivity contribution in [1.29, 1.82) is 0 Å². The Labute approximate surface area is 158 Å². The van der Waals surface area contributed by atoms with Crippen molar-refractivity contribution < 1.29 is 19.1 Å². The highest BCUT2D eigenvalue weighted by atomic mass is 16.5. The van der Waals surface area contributed by atoms with E-state index in [0.717, 1.165) is 58.1 Å². The highest BCUT2D eigenvalue weighted by Gasteiger charge is 2.34. The van der Waals surface area contributed by atoms with E-state index in [1.807, 2.05) is 11.8 Å². The number of nitrogens with zero attached hydrogens (tertiary/aromatic N) is 1. The van der Waals surface area contributed by atoms with Gasteiger partial charge in [0, 0.05) is 25.7 Å². The minimum absolute atomic E-state index is 0.0145. The van der Waals surface area contributed by atoms with Gasteiger partial charge in [-0.15, -0.1) is 0 Å². The zero-order valence-electron chi connectivity index (χ0n) is 16.7. The summed E-state index contributed by atoms with van der Waals surface area (Å²) in [5.41, 5.74) is 0. The van der Waals surface area contributed by atoms with Gasteiger partial charge in [0.05, 0.1) is 18.6 Å². The standard InChI is InChI=1S/C20H36N2O4/c1-4-5-11-21-19(23)17-10-9-15(2)22(13-17)20(24)16(3)26-14-18-8-6-7-12-25-18/h15-18H,4-14H2,1-3H3,(H,21,23). The van der Waals surface area contributed by atoms with E-state index in [-0.39, 0.29) is 29.9 Å². The molecule has 2 aliphatic heterocycles. The zero-order chi connectivity index (χ0) is 18.9. The topological polar surface area (TPSA) is 67.9 Å². The number of piperidine rings is 1. The van der Waals surface area contributed by atoms with Crippen molar-refractivity contribution >= 4 is 11.8 Å². The third-order valence-corrected chi connectivity index (χ3v) is 5.52. The van der Waals surface area contributed by atoms with Crippen LogP contribution < -0.4 is 5.32 Å². The van der Waals surface area contributed by atoms with Gasteiger partial charge in [-0.2, -0.15) is 0 Å². The summed E-state index contributed by atoms with van der Waals surface area (Å²) in [6.07, 6.45) is 6.63. The molecule has 6 nitrogen and oxygen atoms in total. The fraction of sp³-hybridized carbons (Fsp3) is 0.900. The van der Waals surface area contributed by atoms with Crippen LogP contribution in [0.15, 0.2) is 0 Å². The first-order valence-electron chi connectivity index (χ1n) is 10.3. The van der Waals surface area contributed by atoms with E-state index in [9.17, 15) is 9.59 Å². The van der Waals surface area contributed by atoms with Crippen LogP contribution in [-0.2, 0) is 19.1 Å². The Morgan fingerprint density at radius 1 is 1.27 bits per heavy atom. The Bertz CT molecular complexity index is 451. The normalized spacial score (nSPS) is 27.8. The van der Waals surface area contributed by atoms with Crippen molar-refractivity contribution in [3.8, 4) is 0 Å². The third-order valence-electron chi connectivity index (χ3n) is 5.52. The molecule has 2 fully saturated rings. The fourth-order valence-corrected chi connectivity index (χ4v) is 3.66. The number of ether oxygens (including phenoxy) is 2. The number of amides is 2. The molecule has 0 saturated carbocycles. The van der Waals surface area contributed by atoms with Gasteiger partial charge in [0.25, 0.3) is 5.91 Å². The van der Waals surface area contributed by atoms with Gasteiger partial charge >= 0.3 is 0 Å². The lowest BCUT2D eigenvalue weighted by molar-refractivity contribution is -0.151. The molecule has 0 aliphatic carbocycles. The Morgan fingerprint density at radius 2 is 2.08 bits per heavy atom. The van der Waals surface area contributed by atoms with Crippen LogP contribution in [0.5, 0.6) is 0 Å². The van der Waals surface area contributed by atoms with E-state index in [4.69, 9.17) is 9.47 Å². The van der Waals surface area contributed by atoms with Crippen molar-refractivity contribution in [3.63, 3.8) is 0 Å². The first-order valence-corrected chi connectivity index (χ1v) is 10.3. The molecule has 0 radical (unpaired) electrons. The molecule has 1 N–H and O–H groups in total. The average molecular weight is 369 g/mol.